The lowest BCUT2D eigenvalue weighted by molar-refractivity contribution is 0.299. The third-order valence-electron chi connectivity index (χ3n) is 4.58. The highest BCUT2D eigenvalue weighted by molar-refractivity contribution is 5.29. The molecule has 3 rings (SSSR count). The molecule has 3 aromatic rings. The number of nitrogens with one attached hydrogen (secondary N) is 1. The molecular formula is C24H26FNO. The number of hydrogen-bond donors (Lipinski definition) is 1. The lowest BCUT2D eigenvalue weighted by Gasteiger charge is -2.19. The van der Waals surface area contributed by atoms with Gasteiger partial charge in [-0.25, -0.2) is 4.39 Å². The largest absolute Gasteiger partial charge is 0.489 e. The summed E-state index contributed by atoms with van der Waals surface area (Å²) < 4.78 is 19.5. The minimum atomic E-state index is -0.236. The Morgan fingerprint density at radius 1 is 0.926 bits per heavy atom. The second kappa shape index (κ2) is 9.89. The minimum Gasteiger partial charge on any atom is -0.489 e. The van der Waals surface area contributed by atoms with Gasteiger partial charge in [0.15, 0.2) is 0 Å². The molecule has 0 aliphatic carbocycles. The number of rotatable bonds is 9. The Morgan fingerprint density at radius 2 is 1.70 bits per heavy atom. The maximum atomic E-state index is 13.7. The predicted octanol–water partition coefficient (Wildman–Crippen LogP) is 6.04. The predicted molar refractivity (Wildman–Crippen MR) is 108 cm³/mol. The van der Waals surface area contributed by atoms with Gasteiger partial charge in [0, 0.05) is 18.2 Å². The van der Waals surface area contributed by atoms with Crippen LogP contribution < -0.4 is 10.1 Å². The molecule has 0 heterocycles. The van der Waals surface area contributed by atoms with E-state index in [-0.39, 0.29) is 12.4 Å². The number of hydrogen-bond acceptors (Lipinski definition) is 2. The third-order valence-corrected chi connectivity index (χ3v) is 4.58. The van der Waals surface area contributed by atoms with Crippen LogP contribution >= 0.6 is 0 Å². The van der Waals surface area contributed by atoms with Crippen LogP contribution in [0.25, 0.3) is 0 Å². The van der Waals surface area contributed by atoms with Crippen LogP contribution in [0.3, 0.4) is 0 Å². The summed E-state index contributed by atoms with van der Waals surface area (Å²) in [7, 11) is 0. The molecule has 3 aromatic carbocycles. The molecule has 1 atom stereocenters. The van der Waals surface area contributed by atoms with Crippen LogP contribution in [-0.4, -0.2) is 0 Å². The van der Waals surface area contributed by atoms with Gasteiger partial charge in [-0.05, 0) is 35.7 Å². The van der Waals surface area contributed by atoms with Crippen LogP contribution in [0.15, 0.2) is 78.9 Å². The second-order valence-electron chi connectivity index (χ2n) is 6.66. The van der Waals surface area contributed by atoms with Crippen molar-refractivity contribution in [3.63, 3.8) is 0 Å². The van der Waals surface area contributed by atoms with Crippen LogP contribution in [0.5, 0.6) is 5.75 Å². The maximum absolute atomic E-state index is 13.7. The van der Waals surface area contributed by atoms with E-state index in [0.717, 1.165) is 30.7 Å². The van der Waals surface area contributed by atoms with Gasteiger partial charge in [0.1, 0.15) is 18.2 Å². The van der Waals surface area contributed by atoms with Crippen molar-refractivity contribution < 1.29 is 9.13 Å². The highest BCUT2D eigenvalue weighted by Gasteiger charge is 2.10. The molecule has 0 saturated heterocycles. The molecule has 0 radical (unpaired) electrons. The van der Waals surface area contributed by atoms with E-state index in [4.69, 9.17) is 4.74 Å². The fourth-order valence-electron chi connectivity index (χ4n) is 3.12. The quantitative estimate of drug-likeness (QED) is 0.501. The summed E-state index contributed by atoms with van der Waals surface area (Å²) >= 11 is 0. The molecule has 1 N–H and O–H groups in total. The van der Waals surface area contributed by atoms with E-state index in [1.807, 2.05) is 30.3 Å². The third kappa shape index (κ3) is 5.66. The van der Waals surface area contributed by atoms with Gasteiger partial charge in [0.25, 0.3) is 0 Å². The molecule has 0 amide bonds. The lowest BCUT2D eigenvalue weighted by atomic mass is 10.0. The van der Waals surface area contributed by atoms with E-state index in [9.17, 15) is 4.39 Å². The fourth-order valence-corrected chi connectivity index (χ4v) is 3.12. The van der Waals surface area contributed by atoms with Gasteiger partial charge in [-0.1, -0.05) is 74.0 Å². The Morgan fingerprint density at radius 3 is 2.48 bits per heavy atom. The lowest BCUT2D eigenvalue weighted by Crippen LogP contribution is -2.20. The van der Waals surface area contributed by atoms with Gasteiger partial charge in [-0.3, -0.25) is 0 Å². The minimum absolute atomic E-state index is 0.228. The van der Waals surface area contributed by atoms with Gasteiger partial charge >= 0.3 is 0 Å². The van der Waals surface area contributed by atoms with E-state index in [1.165, 1.54) is 11.6 Å². The summed E-state index contributed by atoms with van der Waals surface area (Å²) in [5, 5.41) is 3.65. The highest BCUT2D eigenvalue weighted by atomic mass is 19.1. The average molecular weight is 363 g/mol. The average Bonchev–Trinajstić information content (AvgIpc) is 2.71. The molecule has 0 bridgehead atoms. The molecular weight excluding hydrogens is 337 g/mol. The van der Waals surface area contributed by atoms with E-state index < -0.39 is 0 Å². The molecule has 0 aliphatic heterocycles. The summed E-state index contributed by atoms with van der Waals surface area (Å²) in [5.74, 6) is 0.518. The molecule has 0 saturated carbocycles. The molecule has 140 valence electrons. The van der Waals surface area contributed by atoms with Crippen molar-refractivity contribution in [3.05, 3.63) is 101 Å². The first-order valence-electron chi connectivity index (χ1n) is 9.49. The summed E-state index contributed by atoms with van der Waals surface area (Å²) in [6.07, 6.45) is 2.21. The Hall–Kier alpha value is -2.65. The van der Waals surface area contributed by atoms with Crippen molar-refractivity contribution in [2.45, 2.75) is 39.0 Å². The first-order chi connectivity index (χ1) is 13.3. The van der Waals surface area contributed by atoms with Crippen molar-refractivity contribution in [3.8, 4) is 5.75 Å². The normalized spacial score (nSPS) is 11.9. The van der Waals surface area contributed by atoms with Gasteiger partial charge in [0.2, 0.25) is 0 Å². The van der Waals surface area contributed by atoms with Crippen LogP contribution in [0.2, 0.25) is 0 Å². The van der Waals surface area contributed by atoms with Crippen molar-refractivity contribution in [1.82, 2.24) is 5.32 Å². The molecule has 27 heavy (non-hydrogen) atoms. The molecule has 3 heteroatoms. The van der Waals surface area contributed by atoms with E-state index in [2.05, 4.69) is 42.6 Å². The Kier molecular flexibility index (Phi) is 7.00. The SMILES string of the molecule is CCCC(NCc1cccc(OCc2ccccc2F)c1)c1ccccc1. The fraction of sp³-hybridized carbons (Fsp3) is 0.250. The monoisotopic (exact) mass is 363 g/mol. The number of benzene rings is 3. The van der Waals surface area contributed by atoms with Crippen LogP contribution in [0.4, 0.5) is 4.39 Å². The van der Waals surface area contributed by atoms with Crippen molar-refractivity contribution in [1.29, 1.82) is 0 Å². The topological polar surface area (TPSA) is 21.3 Å². The zero-order valence-corrected chi connectivity index (χ0v) is 15.7. The van der Waals surface area contributed by atoms with Gasteiger partial charge < -0.3 is 10.1 Å². The van der Waals surface area contributed by atoms with Crippen molar-refractivity contribution >= 4 is 0 Å². The number of halogens is 1. The molecule has 0 fully saturated rings. The van der Waals surface area contributed by atoms with Crippen LogP contribution in [0.1, 0.15) is 42.5 Å². The summed E-state index contributed by atoms with van der Waals surface area (Å²) in [5.41, 5.74) is 3.03. The Bertz CT molecular complexity index is 835. The summed E-state index contributed by atoms with van der Waals surface area (Å²) in [4.78, 5) is 0. The van der Waals surface area contributed by atoms with E-state index >= 15 is 0 Å². The van der Waals surface area contributed by atoms with Gasteiger partial charge in [-0.2, -0.15) is 0 Å². The molecule has 1 unspecified atom stereocenters. The molecule has 0 aromatic heterocycles. The van der Waals surface area contributed by atoms with Gasteiger partial charge in [0.05, 0.1) is 0 Å². The van der Waals surface area contributed by atoms with Gasteiger partial charge in [-0.15, -0.1) is 0 Å². The van der Waals surface area contributed by atoms with E-state index in [1.54, 1.807) is 12.1 Å². The zero-order valence-electron chi connectivity index (χ0n) is 15.7. The van der Waals surface area contributed by atoms with Crippen LogP contribution in [0, 0.1) is 5.82 Å². The highest BCUT2D eigenvalue weighted by Crippen LogP contribution is 2.20. The summed E-state index contributed by atoms with van der Waals surface area (Å²) in [6.45, 7) is 3.19. The Labute approximate surface area is 161 Å². The smallest absolute Gasteiger partial charge is 0.129 e. The number of ether oxygens (including phenoxy) is 1. The van der Waals surface area contributed by atoms with Crippen molar-refractivity contribution in [2.75, 3.05) is 0 Å². The Balaban J connectivity index is 1.60. The first-order valence-corrected chi connectivity index (χ1v) is 9.49. The van der Waals surface area contributed by atoms with Crippen molar-refractivity contribution in [2.24, 2.45) is 0 Å². The standard InChI is InChI=1S/C24H26FNO/c1-2-9-24(20-11-4-3-5-12-20)26-17-19-10-8-14-22(16-19)27-18-21-13-6-7-15-23(21)25/h3-8,10-16,24,26H,2,9,17-18H2,1H3. The zero-order chi connectivity index (χ0) is 18.9. The first kappa shape index (κ1) is 19.1. The molecule has 2 nitrogen and oxygen atoms in total. The molecule has 0 aliphatic rings. The maximum Gasteiger partial charge on any atom is 0.129 e. The molecule has 0 spiro atoms. The second-order valence-corrected chi connectivity index (χ2v) is 6.66. The summed E-state index contributed by atoms with van der Waals surface area (Å²) in [6, 6.07) is 25.6. The van der Waals surface area contributed by atoms with E-state index in [0.29, 0.717) is 11.6 Å². The van der Waals surface area contributed by atoms with Crippen LogP contribution in [-0.2, 0) is 13.2 Å².